The molecule has 0 aliphatic heterocycles. The Morgan fingerprint density at radius 2 is 1.89 bits per heavy atom. The number of furan rings is 1. The number of aromatic nitrogens is 1. The van der Waals surface area contributed by atoms with E-state index in [9.17, 15) is 5.26 Å². The molecule has 1 N–H and O–H groups in total. The van der Waals surface area contributed by atoms with Gasteiger partial charge < -0.3 is 24.0 Å². The van der Waals surface area contributed by atoms with Crippen molar-refractivity contribution in [3.8, 4) is 17.7 Å². The first-order valence-corrected chi connectivity index (χ1v) is 8.62. The van der Waals surface area contributed by atoms with Gasteiger partial charge in [-0.1, -0.05) is 12.1 Å². The van der Waals surface area contributed by atoms with Crippen molar-refractivity contribution >= 4 is 11.6 Å². The first kappa shape index (κ1) is 18.5. The summed E-state index contributed by atoms with van der Waals surface area (Å²) in [6, 6.07) is 14.1. The number of hydrogen-bond acceptors (Lipinski definition) is 7. The smallest absolute Gasteiger partial charge is 0.266 e. The fraction of sp³-hybridized carbons (Fsp3) is 0.300. The lowest BCUT2D eigenvalue weighted by molar-refractivity contribution is 0.310. The number of nitriles is 1. The zero-order chi connectivity index (χ0) is 19.4. The monoisotopic (exact) mass is 365 g/mol. The molecule has 1 aromatic carbocycles. The number of anilines is 2. The molecule has 3 aromatic rings. The van der Waals surface area contributed by atoms with Gasteiger partial charge in [0.25, 0.3) is 5.89 Å². The number of rotatable bonds is 7. The van der Waals surface area contributed by atoms with Gasteiger partial charge in [0.1, 0.15) is 6.07 Å². The van der Waals surface area contributed by atoms with Crippen molar-refractivity contribution < 1.29 is 8.83 Å². The molecular weight excluding hydrogens is 342 g/mol. The number of likely N-dealkylation sites (N-methyl/N-ethyl adjacent to an activating group) is 1. The van der Waals surface area contributed by atoms with Crippen molar-refractivity contribution in [2.24, 2.45) is 0 Å². The van der Waals surface area contributed by atoms with Crippen molar-refractivity contribution in [3.05, 3.63) is 53.9 Å². The predicted molar refractivity (Wildman–Crippen MR) is 105 cm³/mol. The molecule has 0 spiro atoms. The second kappa shape index (κ2) is 7.98. The summed E-state index contributed by atoms with van der Waals surface area (Å²) in [4.78, 5) is 8.38. The third kappa shape index (κ3) is 4.13. The molecule has 1 atom stereocenters. The molecule has 7 heteroatoms. The highest BCUT2D eigenvalue weighted by Gasteiger charge is 2.19. The first-order chi connectivity index (χ1) is 13.0. The summed E-state index contributed by atoms with van der Waals surface area (Å²) >= 11 is 0. The van der Waals surface area contributed by atoms with Gasteiger partial charge in [-0.05, 0) is 43.9 Å². The molecule has 0 amide bonds. The van der Waals surface area contributed by atoms with Crippen molar-refractivity contribution in [2.75, 3.05) is 45.0 Å². The second-order valence-corrected chi connectivity index (χ2v) is 6.63. The van der Waals surface area contributed by atoms with Crippen molar-refractivity contribution in [2.45, 2.75) is 6.04 Å². The molecule has 0 aliphatic rings. The van der Waals surface area contributed by atoms with E-state index in [1.165, 1.54) is 11.8 Å². The maximum atomic E-state index is 9.35. The lowest BCUT2D eigenvalue weighted by Crippen LogP contribution is -2.27. The molecule has 0 radical (unpaired) electrons. The fourth-order valence-corrected chi connectivity index (χ4v) is 2.80. The predicted octanol–water partition coefficient (Wildman–Crippen LogP) is 3.59. The molecule has 7 nitrogen and oxygen atoms in total. The third-order valence-electron chi connectivity index (χ3n) is 4.34. The fourth-order valence-electron chi connectivity index (χ4n) is 2.80. The summed E-state index contributed by atoms with van der Waals surface area (Å²) in [5.41, 5.74) is 2.53. The summed E-state index contributed by atoms with van der Waals surface area (Å²) in [5.74, 6) is 1.12. The van der Waals surface area contributed by atoms with Gasteiger partial charge in [0.2, 0.25) is 11.6 Å². The van der Waals surface area contributed by atoms with Crippen LogP contribution < -0.4 is 10.2 Å². The van der Waals surface area contributed by atoms with Gasteiger partial charge in [0, 0.05) is 26.3 Å². The summed E-state index contributed by atoms with van der Waals surface area (Å²) in [5, 5.41) is 12.6. The zero-order valence-electron chi connectivity index (χ0n) is 15.9. The van der Waals surface area contributed by atoms with E-state index in [2.05, 4.69) is 50.4 Å². The SMILES string of the molecule is CN(C)c1ccc([C@H](CNc2oc(-c3ccco3)nc2C#N)N(C)C)cc1. The van der Waals surface area contributed by atoms with Gasteiger partial charge in [0.05, 0.1) is 12.3 Å². The lowest BCUT2D eigenvalue weighted by atomic mass is 10.1. The topological polar surface area (TPSA) is 81.5 Å². The number of oxazole rings is 1. The van der Waals surface area contributed by atoms with Crippen molar-refractivity contribution in [3.63, 3.8) is 0 Å². The molecular formula is C20H23N5O2. The molecule has 0 unspecified atom stereocenters. The highest BCUT2D eigenvalue weighted by atomic mass is 16.4. The van der Waals surface area contributed by atoms with E-state index < -0.39 is 0 Å². The van der Waals surface area contributed by atoms with Crippen LogP contribution in [0.15, 0.2) is 51.5 Å². The van der Waals surface area contributed by atoms with E-state index in [1.807, 2.05) is 28.2 Å². The average molecular weight is 365 g/mol. The summed E-state index contributed by atoms with van der Waals surface area (Å²) in [7, 11) is 8.08. The Balaban J connectivity index is 1.77. The van der Waals surface area contributed by atoms with Gasteiger partial charge >= 0.3 is 0 Å². The Bertz CT molecular complexity index is 905. The molecule has 2 heterocycles. The highest BCUT2D eigenvalue weighted by molar-refractivity contribution is 5.54. The van der Waals surface area contributed by atoms with Crippen molar-refractivity contribution in [1.29, 1.82) is 5.26 Å². The Morgan fingerprint density at radius 3 is 2.44 bits per heavy atom. The average Bonchev–Trinajstić information content (AvgIpc) is 3.31. The van der Waals surface area contributed by atoms with Crippen molar-refractivity contribution in [1.82, 2.24) is 9.88 Å². The van der Waals surface area contributed by atoms with Crippen LogP contribution in [-0.4, -0.2) is 44.6 Å². The molecule has 0 fully saturated rings. The Morgan fingerprint density at radius 1 is 1.15 bits per heavy atom. The molecule has 0 saturated heterocycles. The minimum Gasteiger partial charge on any atom is -0.459 e. The molecule has 27 heavy (non-hydrogen) atoms. The molecule has 140 valence electrons. The van der Waals surface area contributed by atoms with Crippen LogP contribution in [0.1, 0.15) is 17.3 Å². The Kier molecular flexibility index (Phi) is 5.48. The quantitative estimate of drug-likeness (QED) is 0.685. The van der Waals surface area contributed by atoms with Crippen LogP contribution in [0.4, 0.5) is 11.6 Å². The minimum absolute atomic E-state index is 0.102. The van der Waals surface area contributed by atoms with Gasteiger partial charge in [-0.3, -0.25) is 0 Å². The van der Waals surface area contributed by atoms with Crippen LogP contribution in [0.2, 0.25) is 0 Å². The number of benzene rings is 1. The van der Waals surface area contributed by atoms with E-state index in [4.69, 9.17) is 8.83 Å². The summed E-state index contributed by atoms with van der Waals surface area (Å²) < 4.78 is 11.0. The van der Waals surface area contributed by atoms with Gasteiger partial charge in [-0.15, -0.1) is 0 Å². The van der Waals surface area contributed by atoms with E-state index in [0.29, 0.717) is 18.2 Å². The van der Waals surface area contributed by atoms with Crippen LogP contribution in [-0.2, 0) is 0 Å². The van der Waals surface area contributed by atoms with E-state index in [-0.39, 0.29) is 17.6 Å². The van der Waals surface area contributed by atoms with Gasteiger partial charge in [-0.25, -0.2) is 0 Å². The molecule has 2 aromatic heterocycles. The molecule has 3 rings (SSSR count). The van der Waals surface area contributed by atoms with E-state index in [0.717, 1.165) is 5.69 Å². The summed E-state index contributed by atoms with van der Waals surface area (Å²) in [6.07, 6.45) is 1.54. The first-order valence-electron chi connectivity index (χ1n) is 8.62. The standard InChI is InChI=1S/C20H23N5O2/c1-24(2)15-9-7-14(8-10-15)17(25(3)4)13-22-19-16(12-21)23-20(27-19)18-6-5-11-26-18/h5-11,17,22H,13H2,1-4H3/t17-/m0/s1. The zero-order valence-corrected chi connectivity index (χ0v) is 15.9. The largest absolute Gasteiger partial charge is 0.459 e. The highest BCUT2D eigenvalue weighted by Crippen LogP contribution is 2.27. The second-order valence-electron chi connectivity index (χ2n) is 6.63. The van der Waals surface area contributed by atoms with Gasteiger partial charge in [0.15, 0.2) is 5.76 Å². The lowest BCUT2D eigenvalue weighted by Gasteiger charge is -2.25. The maximum Gasteiger partial charge on any atom is 0.266 e. The molecule has 0 bridgehead atoms. The minimum atomic E-state index is 0.102. The van der Waals surface area contributed by atoms with Crippen LogP contribution in [0.25, 0.3) is 11.7 Å². The summed E-state index contributed by atoms with van der Waals surface area (Å²) in [6.45, 7) is 0.565. The maximum absolute atomic E-state index is 9.35. The van der Waals surface area contributed by atoms with Crippen LogP contribution in [0.3, 0.4) is 0 Å². The Labute approximate surface area is 158 Å². The van der Waals surface area contributed by atoms with E-state index in [1.54, 1.807) is 12.1 Å². The van der Waals surface area contributed by atoms with Crippen LogP contribution >= 0.6 is 0 Å². The normalized spacial score (nSPS) is 12.0. The van der Waals surface area contributed by atoms with Crippen LogP contribution in [0, 0.1) is 11.3 Å². The molecule has 0 saturated carbocycles. The van der Waals surface area contributed by atoms with Gasteiger partial charge in [-0.2, -0.15) is 10.2 Å². The number of nitrogens with zero attached hydrogens (tertiary/aromatic N) is 4. The third-order valence-corrected chi connectivity index (χ3v) is 4.34. The molecule has 0 aliphatic carbocycles. The van der Waals surface area contributed by atoms with Crippen LogP contribution in [0.5, 0.6) is 0 Å². The Hall–Kier alpha value is -3.24. The number of hydrogen-bond donors (Lipinski definition) is 1. The number of nitrogens with one attached hydrogen (secondary N) is 1. The van der Waals surface area contributed by atoms with E-state index >= 15 is 0 Å².